The van der Waals surface area contributed by atoms with E-state index in [0.29, 0.717) is 44.3 Å². The summed E-state index contributed by atoms with van der Waals surface area (Å²) in [5.41, 5.74) is 3.86. The van der Waals surface area contributed by atoms with Gasteiger partial charge in [0.25, 0.3) is 0 Å². The van der Waals surface area contributed by atoms with Crippen LogP contribution in [0.4, 0.5) is 17.8 Å². The molecule has 0 atom stereocenters. The van der Waals surface area contributed by atoms with Gasteiger partial charge in [-0.2, -0.15) is 20.1 Å². The zero-order chi connectivity index (χ0) is 18.3. The molecular weight excluding hydrogens is 348 g/mol. The highest BCUT2D eigenvalue weighted by molar-refractivity contribution is 5.79. The number of ether oxygens (including phenoxy) is 2. The Morgan fingerprint density at radius 3 is 1.96 bits per heavy atom. The molecule has 10 heteroatoms. The van der Waals surface area contributed by atoms with Gasteiger partial charge in [0.1, 0.15) is 0 Å². The van der Waals surface area contributed by atoms with Gasteiger partial charge in [0.2, 0.25) is 17.8 Å². The third kappa shape index (κ3) is 4.66. The molecule has 2 aromatic heterocycles. The molecule has 0 amide bonds. The van der Waals surface area contributed by atoms with Crippen LogP contribution in [-0.4, -0.2) is 78.8 Å². The lowest BCUT2D eigenvalue weighted by molar-refractivity contribution is 0.121. The zero-order valence-corrected chi connectivity index (χ0v) is 15.0. The van der Waals surface area contributed by atoms with E-state index in [-0.39, 0.29) is 0 Å². The summed E-state index contributed by atoms with van der Waals surface area (Å²) in [7, 11) is 0. The van der Waals surface area contributed by atoms with Crippen molar-refractivity contribution in [3.63, 3.8) is 0 Å². The Labute approximate surface area is 157 Å². The first-order valence-electron chi connectivity index (χ1n) is 8.99. The minimum Gasteiger partial charge on any atom is -0.378 e. The van der Waals surface area contributed by atoms with E-state index >= 15 is 0 Å². The molecular formula is C17H22N8O2. The zero-order valence-electron chi connectivity index (χ0n) is 15.0. The summed E-state index contributed by atoms with van der Waals surface area (Å²) in [6.07, 6.45) is 5.14. The highest BCUT2D eigenvalue weighted by Crippen LogP contribution is 2.18. The monoisotopic (exact) mass is 370 g/mol. The predicted octanol–water partition coefficient (Wildman–Crippen LogP) is 0.386. The largest absolute Gasteiger partial charge is 0.378 e. The van der Waals surface area contributed by atoms with Crippen molar-refractivity contribution in [2.24, 2.45) is 5.10 Å². The van der Waals surface area contributed by atoms with Gasteiger partial charge in [-0.1, -0.05) is 0 Å². The Morgan fingerprint density at radius 1 is 0.852 bits per heavy atom. The lowest BCUT2D eigenvalue weighted by Crippen LogP contribution is -2.40. The van der Waals surface area contributed by atoms with Crippen LogP contribution in [0.2, 0.25) is 0 Å². The first-order chi connectivity index (χ1) is 13.4. The molecule has 0 aliphatic carbocycles. The van der Waals surface area contributed by atoms with Gasteiger partial charge in [0.15, 0.2) is 0 Å². The molecule has 0 spiro atoms. The van der Waals surface area contributed by atoms with Crippen LogP contribution in [-0.2, 0) is 9.47 Å². The normalized spacial score (nSPS) is 18.1. The van der Waals surface area contributed by atoms with Crippen molar-refractivity contribution < 1.29 is 9.47 Å². The van der Waals surface area contributed by atoms with Gasteiger partial charge in [-0.3, -0.25) is 4.98 Å². The second kappa shape index (κ2) is 8.69. The van der Waals surface area contributed by atoms with E-state index in [0.717, 1.165) is 31.7 Å². The van der Waals surface area contributed by atoms with Gasteiger partial charge in [-0.05, 0) is 17.7 Å². The summed E-state index contributed by atoms with van der Waals surface area (Å²) in [6.45, 7) is 5.70. The van der Waals surface area contributed by atoms with E-state index in [9.17, 15) is 0 Å². The molecule has 2 aromatic rings. The lowest BCUT2D eigenvalue weighted by Gasteiger charge is -2.30. The van der Waals surface area contributed by atoms with E-state index in [1.165, 1.54) is 0 Å². The van der Waals surface area contributed by atoms with Crippen LogP contribution in [0.15, 0.2) is 29.6 Å². The van der Waals surface area contributed by atoms with Crippen LogP contribution in [0.5, 0.6) is 0 Å². The number of rotatable bonds is 5. The van der Waals surface area contributed by atoms with Gasteiger partial charge >= 0.3 is 0 Å². The summed E-state index contributed by atoms with van der Waals surface area (Å²) in [4.78, 5) is 21.9. The Balaban J connectivity index is 1.55. The Hall–Kier alpha value is -2.85. The highest BCUT2D eigenvalue weighted by atomic mass is 16.5. The van der Waals surface area contributed by atoms with Gasteiger partial charge < -0.3 is 19.3 Å². The molecule has 1 N–H and O–H groups in total. The van der Waals surface area contributed by atoms with Crippen LogP contribution in [0.3, 0.4) is 0 Å². The van der Waals surface area contributed by atoms with Crippen LogP contribution < -0.4 is 15.2 Å². The molecule has 2 fully saturated rings. The fraction of sp³-hybridized carbons (Fsp3) is 0.471. The number of hydrogen-bond acceptors (Lipinski definition) is 10. The molecule has 0 saturated carbocycles. The van der Waals surface area contributed by atoms with Gasteiger partial charge in [0.05, 0.1) is 32.6 Å². The Kier molecular flexibility index (Phi) is 5.65. The Morgan fingerprint density at radius 2 is 1.41 bits per heavy atom. The number of nitrogens with zero attached hydrogens (tertiary/aromatic N) is 7. The molecule has 2 aliphatic heterocycles. The van der Waals surface area contributed by atoms with Crippen LogP contribution in [0.1, 0.15) is 5.56 Å². The quantitative estimate of drug-likeness (QED) is 0.591. The molecule has 2 aliphatic rings. The topological polar surface area (TPSA) is 101 Å². The summed E-state index contributed by atoms with van der Waals surface area (Å²) < 4.78 is 10.9. The third-order valence-electron chi connectivity index (χ3n) is 4.28. The van der Waals surface area contributed by atoms with Crippen molar-refractivity contribution in [3.05, 3.63) is 30.1 Å². The molecule has 0 aromatic carbocycles. The SMILES string of the molecule is C(=NNc1nc(N2CCOCC2)nc(N2CCOCC2)n1)c1ccncc1. The molecule has 4 heterocycles. The van der Waals surface area contributed by atoms with Gasteiger partial charge in [-0.25, -0.2) is 5.43 Å². The minimum absolute atomic E-state index is 0.415. The first kappa shape index (κ1) is 17.6. The fourth-order valence-electron chi connectivity index (χ4n) is 2.83. The van der Waals surface area contributed by atoms with E-state index in [1.807, 2.05) is 12.1 Å². The molecule has 0 bridgehead atoms. The highest BCUT2D eigenvalue weighted by Gasteiger charge is 2.20. The van der Waals surface area contributed by atoms with E-state index < -0.39 is 0 Å². The summed E-state index contributed by atoms with van der Waals surface area (Å²) in [5.74, 6) is 1.69. The van der Waals surface area contributed by atoms with Gasteiger partial charge in [-0.15, -0.1) is 0 Å². The number of nitrogens with one attached hydrogen (secondary N) is 1. The van der Waals surface area contributed by atoms with Crippen LogP contribution >= 0.6 is 0 Å². The predicted molar refractivity (Wildman–Crippen MR) is 101 cm³/mol. The summed E-state index contributed by atoms with van der Waals surface area (Å²) in [6, 6.07) is 3.74. The minimum atomic E-state index is 0.415. The number of hydrogen-bond donors (Lipinski definition) is 1. The molecule has 0 unspecified atom stereocenters. The summed E-state index contributed by atoms with van der Waals surface area (Å²) in [5, 5.41) is 4.24. The second-order valence-electron chi connectivity index (χ2n) is 6.11. The van der Waals surface area contributed by atoms with Crippen molar-refractivity contribution in [1.82, 2.24) is 19.9 Å². The third-order valence-corrected chi connectivity index (χ3v) is 4.28. The average molecular weight is 370 g/mol. The van der Waals surface area contributed by atoms with Crippen molar-refractivity contribution in [1.29, 1.82) is 0 Å². The first-order valence-corrected chi connectivity index (χ1v) is 8.99. The molecule has 142 valence electrons. The molecule has 10 nitrogen and oxygen atoms in total. The standard InChI is InChI=1S/C17H22N8O2/c1-3-18-4-2-14(1)13-19-23-15-20-16(24-5-9-26-10-6-24)22-17(21-15)25-7-11-27-12-8-25/h1-4,13H,5-12H2,(H,20,21,22,23). The maximum atomic E-state index is 5.43. The number of hydrazone groups is 1. The Bertz CT molecular complexity index is 725. The summed E-state index contributed by atoms with van der Waals surface area (Å²) >= 11 is 0. The molecule has 4 rings (SSSR count). The van der Waals surface area contributed by atoms with Crippen molar-refractivity contribution in [2.45, 2.75) is 0 Å². The number of anilines is 3. The molecule has 0 radical (unpaired) electrons. The van der Waals surface area contributed by atoms with Crippen LogP contribution in [0.25, 0.3) is 0 Å². The van der Waals surface area contributed by atoms with Crippen LogP contribution in [0, 0.1) is 0 Å². The maximum absolute atomic E-state index is 5.43. The van der Waals surface area contributed by atoms with E-state index in [1.54, 1.807) is 18.6 Å². The van der Waals surface area contributed by atoms with E-state index in [2.05, 4.69) is 40.3 Å². The molecule has 2 saturated heterocycles. The fourth-order valence-corrected chi connectivity index (χ4v) is 2.83. The van der Waals surface area contributed by atoms with Gasteiger partial charge in [0, 0.05) is 38.6 Å². The number of morpholine rings is 2. The smallest absolute Gasteiger partial charge is 0.250 e. The second-order valence-corrected chi connectivity index (χ2v) is 6.11. The van der Waals surface area contributed by atoms with Crippen molar-refractivity contribution >= 4 is 24.1 Å². The molecule has 27 heavy (non-hydrogen) atoms. The van der Waals surface area contributed by atoms with E-state index in [4.69, 9.17) is 9.47 Å². The number of aromatic nitrogens is 4. The lowest BCUT2D eigenvalue weighted by atomic mass is 10.3. The number of pyridine rings is 1. The van der Waals surface area contributed by atoms with Crippen molar-refractivity contribution in [3.8, 4) is 0 Å². The average Bonchev–Trinajstić information content (AvgIpc) is 2.76. The van der Waals surface area contributed by atoms with Crippen molar-refractivity contribution in [2.75, 3.05) is 67.8 Å². The maximum Gasteiger partial charge on any atom is 0.250 e.